The zero-order chi connectivity index (χ0) is 10.9. The fourth-order valence-electron chi connectivity index (χ4n) is 2.08. The minimum Gasteiger partial charge on any atom is -0.385 e. The van der Waals surface area contributed by atoms with Crippen LogP contribution in [0.3, 0.4) is 0 Å². The summed E-state index contributed by atoms with van der Waals surface area (Å²) < 4.78 is 5.41. The summed E-state index contributed by atoms with van der Waals surface area (Å²) in [6, 6.07) is 3.61. The van der Waals surface area contributed by atoms with Crippen molar-refractivity contribution in [3.8, 4) is 0 Å². The number of rotatable bonds is 3. The molecule has 3 N–H and O–H groups in total. The first-order valence-electron chi connectivity index (χ1n) is 5.20. The van der Waals surface area contributed by atoms with E-state index in [1.165, 1.54) is 0 Å². The van der Waals surface area contributed by atoms with Gasteiger partial charge in [0.2, 0.25) is 0 Å². The summed E-state index contributed by atoms with van der Waals surface area (Å²) in [4.78, 5) is 3.98. The van der Waals surface area contributed by atoms with Gasteiger partial charge in [-0.3, -0.25) is 0 Å². The Kier molecular flexibility index (Phi) is 2.63. The Balaban J connectivity index is 2.10. The normalized spacial score (nSPS) is 29.9. The molecule has 82 valence electrons. The number of nitrogen functional groups attached to an aromatic ring is 1. The summed E-state index contributed by atoms with van der Waals surface area (Å²) in [6.45, 7) is 2.64. The topological polar surface area (TPSA) is 68.4 Å². The van der Waals surface area contributed by atoms with E-state index in [9.17, 15) is 5.11 Å². The van der Waals surface area contributed by atoms with Gasteiger partial charge >= 0.3 is 0 Å². The number of hydrogen-bond acceptors (Lipinski definition) is 4. The number of anilines is 1. The lowest BCUT2D eigenvalue weighted by Crippen LogP contribution is -2.46. The lowest BCUT2D eigenvalue weighted by Gasteiger charge is -2.43. The maximum Gasteiger partial charge on any atom is 0.129 e. The first-order chi connectivity index (χ1) is 7.15. The Labute approximate surface area is 89.1 Å². The van der Waals surface area contributed by atoms with Gasteiger partial charge in [-0.15, -0.1) is 0 Å². The molecule has 1 aromatic rings. The minimum atomic E-state index is -0.835. The summed E-state index contributed by atoms with van der Waals surface area (Å²) in [7, 11) is 0. The van der Waals surface area contributed by atoms with Crippen LogP contribution in [0.15, 0.2) is 18.3 Å². The maximum atomic E-state index is 10.3. The van der Waals surface area contributed by atoms with Crippen molar-refractivity contribution in [3.63, 3.8) is 0 Å². The molecule has 15 heavy (non-hydrogen) atoms. The number of aliphatic hydroxyl groups is 1. The first kappa shape index (κ1) is 10.4. The van der Waals surface area contributed by atoms with Gasteiger partial charge in [0, 0.05) is 31.2 Å². The van der Waals surface area contributed by atoms with E-state index in [0.717, 1.165) is 5.56 Å². The third kappa shape index (κ3) is 1.82. The molecule has 2 rings (SSSR count). The summed E-state index contributed by atoms with van der Waals surface area (Å²) >= 11 is 0. The number of hydrogen-bond donors (Lipinski definition) is 2. The van der Waals surface area contributed by atoms with E-state index >= 15 is 0 Å². The molecule has 0 spiro atoms. The van der Waals surface area contributed by atoms with Gasteiger partial charge < -0.3 is 15.6 Å². The number of nitrogens with two attached hydrogens (primary N) is 1. The van der Waals surface area contributed by atoms with Crippen LogP contribution in [0.2, 0.25) is 0 Å². The van der Waals surface area contributed by atoms with E-state index in [4.69, 9.17) is 10.5 Å². The molecule has 1 aliphatic rings. The van der Waals surface area contributed by atoms with Crippen LogP contribution < -0.4 is 5.73 Å². The van der Waals surface area contributed by atoms with Crippen LogP contribution in [0.5, 0.6) is 0 Å². The summed E-state index contributed by atoms with van der Waals surface area (Å²) in [5.74, 6) is 0.412. The van der Waals surface area contributed by atoms with Crippen molar-refractivity contribution < 1.29 is 9.84 Å². The standard InChI is InChI=1S/C11H16N2O2/c1-2-15-8-6-11(14,7-8)9-4-3-5-13-10(9)12/h3-5,8,14H,2,6-7H2,1H3,(H2,12,13). The van der Waals surface area contributed by atoms with Crippen LogP contribution in [-0.2, 0) is 10.3 Å². The van der Waals surface area contributed by atoms with Crippen LogP contribution in [0.4, 0.5) is 5.82 Å². The van der Waals surface area contributed by atoms with Crippen molar-refractivity contribution in [3.05, 3.63) is 23.9 Å². The van der Waals surface area contributed by atoms with E-state index in [1.807, 2.05) is 13.0 Å². The zero-order valence-corrected chi connectivity index (χ0v) is 8.81. The highest BCUT2D eigenvalue weighted by atomic mass is 16.5. The van der Waals surface area contributed by atoms with Crippen molar-refractivity contribution in [1.29, 1.82) is 0 Å². The second-order valence-corrected chi connectivity index (χ2v) is 3.95. The maximum absolute atomic E-state index is 10.3. The van der Waals surface area contributed by atoms with Crippen LogP contribution in [0.1, 0.15) is 25.3 Å². The third-order valence-corrected chi connectivity index (χ3v) is 2.87. The molecule has 0 atom stereocenters. The van der Waals surface area contributed by atoms with Gasteiger partial charge in [0.25, 0.3) is 0 Å². The Morgan fingerprint density at radius 2 is 2.40 bits per heavy atom. The zero-order valence-electron chi connectivity index (χ0n) is 8.81. The van der Waals surface area contributed by atoms with E-state index in [2.05, 4.69) is 4.98 Å². The second-order valence-electron chi connectivity index (χ2n) is 3.95. The molecular formula is C11H16N2O2. The summed E-state index contributed by atoms with van der Waals surface area (Å²) in [6.07, 6.45) is 2.99. The second kappa shape index (κ2) is 3.79. The molecule has 1 aromatic heterocycles. The van der Waals surface area contributed by atoms with Gasteiger partial charge in [-0.25, -0.2) is 4.98 Å². The first-order valence-corrected chi connectivity index (χ1v) is 5.20. The molecular weight excluding hydrogens is 192 g/mol. The fourth-order valence-corrected chi connectivity index (χ4v) is 2.08. The quantitative estimate of drug-likeness (QED) is 0.779. The molecule has 0 unspecified atom stereocenters. The van der Waals surface area contributed by atoms with Crippen LogP contribution in [-0.4, -0.2) is 22.8 Å². The van der Waals surface area contributed by atoms with Gasteiger partial charge in [-0.2, -0.15) is 0 Å². The number of aromatic nitrogens is 1. The number of ether oxygens (including phenoxy) is 1. The number of nitrogens with zero attached hydrogens (tertiary/aromatic N) is 1. The molecule has 0 bridgehead atoms. The molecule has 1 saturated carbocycles. The van der Waals surface area contributed by atoms with Gasteiger partial charge in [0.15, 0.2) is 0 Å². The molecule has 4 heteroatoms. The van der Waals surface area contributed by atoms with Crippen molar-refractivity contribution in [2.24, 2.45) is 0 Å². The predicted octanol–water partition coefficient (Wildman–Crippen LogP) is 1.05. The largest absolute Gasteiger partial charge is 0.385 e. The van der Waals surface area contributed by atoms with Crippen molar-refractivity contribution >= 4 is 5.82 Å². The molecule has 0 aromatic carbocycles. The molecule has 0 saturated heterocycles. The van der Waals surface area contributed by atoms with Crippen LogP contribution in [0, 0.1) is 0 Å². The highest BCUT2D eigenvalue weighted by Gasteiger charge is 2.45. The average molecular weight is 208 g/mol. The van der Waals surface area contributed by atoms with E-state index in [-0.39, 0.29) is 6.10 Å². The van der Waals surface area contributed by atoms with Crippen molar-refractivity contribution in [2.75, 3.05) is 12.3 Å². The molecule has 0 aliphatic heterocycles. The molecule has 0 amide bonds. The summed E-state index contributed by atoms with van der Waals surface area (Å²) in [5.41, 5.74) is 5.61. The monoisotopic (exact) mass is 208 g/mol. The Hall–Kier alpha value is -1.13. The third-order valence-electron chi connectivity index (χ3n) is 2.87. The fraction of sp³-hybridized carbons (Fsp3) is 0.545. The lowest BCUT2D eigenvalue weighted by atomic mass is 9.73. The van der Waals surface area contributed by atoms with Gasteiger partial charge in [-0.1, -0.05) is 6.07 Å². The van der Waals surface area contributed by atoms with Gasteiger partial charge in [-0.05, 0) is 13.0 Å². The molecule has 1 fully saturated rings. The highest BCUT2D eigenvalue weighted by molar-refractivity contribution is 5.44. The Bertz CT molecular complexity index is 348. The summed E-state index contributed by atoms with van der Waals surface area (Å²) in [5, 5.41) is 10.3. The smallest absolute Gasteiger partial charge is 0.129 e. The van der Waals surface area contributed by atoms with E-state index in [0.29, 0.717) is 25.3 Å². The molecule has 4 nitrogen and oxygen atoms in total. The van der Waals surface area contributed by atoms with Crippen LogP contribution >= 0.6 is 0 Å². The van der Waals surface area contributed by atoms with Crippen LogP contribution in [0.25, 0.3) is 0 Å². The van der Waals surface area contributed by atoms with Gasteiger partial charge in [0.1, 0.15) is 5.82 Å². The predicted molar refractivity (Wildman–Crippen MR) is 57.2 cm³/mol. The Morgan fingerprint density at radius 3 is 3.00 bits per heavy atom. The highest BCUT2D eigenvalue weighted by Crippen LogP contribution is 2.44. The molecule has 0 radical (unpaired) electrons. The minimum absolute atomic E-state index is 0.152. The van der Waals surface area contributed by atoms with E-state index in [1.54, 1.807) is 12.3 Å². The Morgan fingerprint density at radius 1 is 1.67 bits per heavy atom. The van der Waals surface area contributed by atoms with Gasteiger partial charge in [0.05, 0.1) is 11.7 Å². The SMILES string of the molecule is CCOC1CC(O)(c2cccnc2N)C1. The molecule has 1 heterocycles. The van der Waals surface area contributed by atoms with Crippen molar-refractivity contribution in [1.82, 2.24) is 4.98 Å². The van der Waals surface area contributed by atoms with Crippen molar-refractivity contribution in [2.45, 2.75) is 31.5 Å². The number of pyridine rings is 1. The lowest BCUT2D eigenvalue weighted by molar-refractivity contribution is -0.142. The van der Waals surface area contributed by atoms with E-state index < -0.39 is 5.60 Å². The average Bonchev–Trinajstić information content (AvgIpc) is 2.16. The molecule has 1 aliphatic carbocycles.